The summed E-state index contributed by atoms with van der Waals surface area (Å²) in [6, 6.07) is 0. The predicted octanol–water partition coefficient (Wildman–Crippen LogP) is 1.58. The molecule has 3 nitrogen and oxygen atoms in total. The third-order valence-electron chi connectivity index (χ3n) is 3.81. The summed E-state index contributed by atoms with van der Waals surface area (Å²) in [7, 11) is 2.15. The van der Waals surface area contributed by atoms with E-state index in [0.29, 0.717) is 17.7 Å². The molecule has 0 N–H and O–H groups in total. The molecular weight excluding hydrogens is 200 g/mol. The Bertz CT molecular complexity index is 223. The lowest BCUT2D eigenvalue weighted by Crippen LogP contribution is -2.53. The van der Waals surface area contributed by atoms with Gasteiger partial charge in [-0.25, -0.2) is 0 Å². The molecular formula is C13H26N2O. The lowest BCUT2D eigenvalue weighted by atomic mass is 9.99. The van der Waals surface area contributed by atoms with Gasteiger partial charge < -0.3 is 9.64 Å². The molecule has 0 bridgehead atoms. The summed E-state index contributed by atoms with van der Waals surface area (Å²) in [6.45, 7) is 11.5. The highest BCUT2D eigenvalue weighted by Gasteiger charge is 2.31. The molecule has 2 heterocycles. The fourth-order valence-electron chi connectivity index (χ4n) is 2.66. The first-order valence-electron chi connectivity index (χ1n) is 6.54. The zero-order valence-corrected chi connectivity index (χ0v) is 11.2. The highest BCUT2D eigenvalue weighted by atomic mass is 16.5. The van der Waals surface area contributed by atoms with E-state index >= 15 is 0 Å². The highest BCUT2D eigenvalue weighted by Crippen LogP contribution is 2.23. The summed E-state index contributed by atoms with van der Waals surface area (Å²) in [6.07, 6.45) is 3.43. The molecule has 2 saturated heterocycles. The van der Waals surface area contributed by atoms with Gasteiger partial charge >= 0.3 is 0 Å². The number of likely N-dealkylation sites (tertiary alicyclic amines) is 2. The maximum atomic E-state index is 6.09. The molecule has 0 unspecified atom stereocenters. The van der Waals surface area contributed by atoms with Crippen molar-refractivity contribution < 1.29 is 4.74 Å². The van der Waals surface area contributed by atoms with E-state index in [2.05, 4.69) is 37.6 Å². The molecule has 0 spiro atoms. The van der Waals surface area contributed by atoms with E-state index in [9.17, 15) is 0 Å². The van der Waals surface area contributed by atoms with Crippen molar-refractivity contribution in [2.45, 2.75) is 51.4 Å². The Kier molecular flexibility index (Phi) is 3.57. The van der Waals surface area contributed by atoms with Crippen LogP contribution in [0.5, 0.6) is 0 Å². The number of piperidine rings is 1. The Labute approximate surface area is 99.7 Å². The molecule has 0 aliphatic carbocycles. The third-order valence-corrected chi connectivity index (χ3v) is 3.81. The van der Waals surface area contributed by atoms with Crippen molar-refractivity contribution in [1.82, 2.24) is 9.80 Å². The SMILES string of the molecule is CN1CC(OC2CCN(C(C)(C)C)CC2)C1. The van der Waals surface area contributed by atoms with Gasteiger partial charge in [-0.3, -0.25) is 4.90 Å². The molecule has 2 aliphatic heterocycles. The van der Waals surface area contributed by atoms with Gasteiger partial charge in [-0.15, -0.1) is 0 Å². The molecule has 0 aromatic carbocycles. The Morgan fingerprint density at radius 1 is 1.00 bits per heavy atom. The van der Waals surface area contributed by atoms with E-state index in [-0.39, 0.29) is 0 Å². The van der Waals surface area contributed by atoms with Gasteiger partial charge in [0.15, 0.2) is 0 Å². The average Bonchev–Trinajstić information content (AvgIpc) is 2.15. The number of likely N-dealkylation sites (N-methyl/N-ethyl adjacent to an activating group) is 1. The molecule has 0 aromatic heterocycles. The van der Waals surface area contributed by atoms with Crippen LogP contribution in [0.3, 0.4) is 0 Å². The van der Waals surface area contributed by atoms with Crippen LogP contribution in [0, 0.1) is 0 Å². The summed E-state index contributed by atoms with van der Waals surface area (Å²) >= 11 is 0. The quantitative estimate of drug-likeness (QED) is 0.711. The monoisotopic (exact) mass is 226 g/mol. The lowest BCUT2D eigenvalue weighted by Gasteiger charge is -2.43. The van der Waals surface area contributed by atoms with Gasteiger partial charge in [0.25, 0.3) is 0 Å². The number of hydrogen-bond acceptors (Lipinski definition) is 3. The molecule has 0 amide bonds. The van der Waals surface area contributed by atoms with Crippen molar-refractivity contribution in [2.24, 2.45) is 0 Å². The van der Waals surface area contributed by atoms with Gasteiger partial charge in [-0.2, -0.15) is 0 Å². The Balaban J connectivity index is 1.69. The second kappa shape index (κ2) is 4.63. The van der Waals surface area contributed by atoms with Gasteiger partial charge in [0, 0.05) is 31.7 Å². The number of nitrogens with zero attached hydrogens (tertiary/aromatic N) is 2. The first-order chi connectivity index (χ1) is 7.45. The van der Waals surface area contributed by atoms with Crippen LogP contribution in [0.2, 0.25) is 0 Å². The molecule has 0 aromatic rings. The summed E-state index contributed by atoms with van der Waals surface area (Å²) in [5.41, 5.74) is 0.321. The molecule has 3 heteroatoms. The molecule has 0 saturated carbocycles. The Morgan fingerprint density at radius 3 is 2.00 bits per heavy atom. The molecule has 2 fully saturated rings. The van der Waals surface area contributed by atoms with Crippen molar-refractivity contribution in [3.8, 4) is 0 Å². The van der Waals surface area contributed by atoms with Gasteiger partial charge in [-0.05, 0) is 40.7 Å². The second-order valence-electron chi connectivity index (χ2n) is 6.34. The zero-order chi connectivity index (χ0) is 11.8. The molecule has 2 aliphatic rings. The van der Waals surface area contributed by atoms with Crippen molar-refractivity contribution >= 4 is 0 Å². The lowest BCUT2D eigenvalue weighted by molar-refractivity contribution is -0.105. The Morgan fingerprint density at radius 2 is 1.56 bits per heavy atom. The summed E-state index contributed by atoms with van der Waals surface area (Å²) in [5, 5.41) is 0. The predicted molar refractivity (Wildman–Crippen MR) is 66.7 cm³/mol. The van der Waals surface area contributed by atoms with Crippen LogP contribution in [0.15, 0.2) is 0 Å². The average molecular weight is 226 g/mol. The molecule has 16 heavy (non-hydrogen) atoms. The van der Waals surface area contributed by atoms with Crippen molar-refractivity contribution in [2.75, 3.05) is 33.2 Å². The minimum atomic E-state index is 0.321. The van der Waals surface area contributed by atoms with Crippen LogP contribution in [0.1, 0.15) is 33.6 Å². The normalized spacial score (nSPS) is 27.0. The molecule has 94 valence electrons. The van der Waals surface area contributed by atoms with Crippen LogP contribution in [-0.4, -0.2) is 60.8 Å². The van der Waals surface area contributed by atoms with Crippen molar-refractivity contribution in [1.29, 1.82) is 0 Å². The van der Waals surface area contributed by atoms with Crippen LogP contribution >= 0.6 is 0 Å². The van der Waals surface area contributed by atoms with E-state index in [0.717, 1.165) is 13.1 Å². The number of hydrogen-bond donors (Lipinski definition) is 0. The van der Waals surface area contributed by atoms with E-state index in [4.69, 9.17) is 4.74 Å². The zero-order valence-electron chi connectivity index (χ0n) is 11.2. The van der Waals surface area contributed by atoms with Gasteiger partial charge in [0.1, 0.15) is 0 Å². The maximum Gasteiger partial charge on any atom is 0.0832 e. The van der Waals surface area contributed by atoms with Crippen molar-refractivity contribution in [3.63, 3.8) is 0 Å². The number of ether oxygens (including phenoxy) is 1. The van der Waals surface area contributed by atoms with E-state index in [1.807, 2.05) is 0 Å². The summed E-state index contributed by atoms with van der Waals surface area (Å²) in [4.78, 5) is 4.88. The first kappa shape index (κ1) is 12.3. The third kappa shape index (κ3) is 2.96. The van der Waals surface area contributed by atoms with Crippen LogP contribution in [0.25, 0.3) is 0 Å². The summed E-state index contributed by atoms with van der Waals surface area (Å²) in [5.74, 6) is 0. The fourth-order valence-corrected chi connectivity index (χ4v) is 2.66. The highest BCUT2D eigenvalue weighted by molar-refractivity contribution is 4.84. The van der Waals surface area contributed by atoms with Gasteiger partial charge in [-0.1, -0.05) is 0 Å². The van der Waals surface area contributed by atoms with Gasteiger partial charge in [0.2, 0.25) is 0 Å². The van der Waals surface area contributed by atoms with Crippen molar-refractivity contribution in [3.05, 3.63) is 0 Å². The molecule has 0 radical (unpaired) electrons. The second-order valence-corrected chi connectivity index (χ2v) is 6.34. The van der Waals surface area contributed by atoms with Gasteiger partial charge in [0.05, 0.1) is 12.2 Å². The van der Waals surface area contributed by atoms with E-state index < -0.39 is 0 Å². The number of rotatable bonds is 2. The largest absolute Gasteiger partial charge is 0.372 e. The summed E-state index contributed by atoms with van der Waals surface area (Å²) < 4.78 is 6.09. The first-order valence-corrected chi connectivity index (χ1v) is 6.54. The minimum Gasteiger partial charge on any atom is -0.372 e. The van der Waals surface area contributed by atoms with E-state index in [1.54, 1.807) is 0 Å². The minimum absolute atomic E-state index is 0.321. The smallest absolute Gasteiger partial charge is 0.0832 e. The Hall–Kier alpha value is -0.120. The fraction of sp³-hybridized carbons (Fsp3) is 1.00. The maximum absolute atomic E-state index is 6.09. The molecule has 2 rings (SSSR count). The topological polar surface area (TPSA) is 15.7 Å². The van der Waals surface area contributed by atoms with Crippen LogP contribution < -0.4 is 0 Å². The molecule has 0 atom stereocenters. The van der Waals surface area contributed by atoms with Crippen LogP contribution in [0.4, 0.5) is 0 Å². The standard InChI is InChI=1S/C13H26N2O/c1-13(2,3)15-7-5-11(6-8-15)16-12-9-14(4)10-12/h11-12H,5-10H2,1-4H3. The van der Waals surface area contributed by atoms with Crippen LogP contribution in [-0.2, 0) is 4.74 Å². The van der Waals surface area contributed by atoms with E-state index in [1.165, 1.54) is 25.9 Å².